The second kappa shape index (κ2) is 6.27. The summed E-state index contributed by atoms with van der Waals surface area (Å²) < 4.78 is 0. The molecule has 1 aliphatic rings. The maximum atomic E-state index is 11.7. The summed E-state index contributed by atoms with van der Waals surface area (Å²) in [6.45, 7) is 6.94. The largest absolute Gasteiger partial charge is 0.381 e. The Morgan fingerprint density at radius 3 is 2.67 bits per heavy atom. The first-order valence-corrected chi connectivity index (χ1v) is 7.97. The van der Waals surface area contributed by atoms with Gasteiger partial charge in [-0.2, -0.15) is 0 Å². The lowest BCUT2D eigenvalue weighted by Crippen LogP contribution is -2.35. The molecule has 1 aromatic rings. The second-order valence-electron chi connectivity index (χ2n) is 7.03. The van der Waals surface area contributed by atoms with Crippen molar-refractivity contribution in [2.45, 2.75) is 46.1 Å². The Bertz CT molecular complexity index is 528. The number of halogens is 1. The van der Waals surface area contributed by atoms with Gasteiger partial charge in [-0.3, -0.25) is 4.79 Å². The molecule has 4 heteroatoms. The van der Waals surface area contributed by atoms with Crippen molar-refractivity contribution in [1.82, 2.24) is 5.32 Å². The van der Waals surface area contributed by atoms with Crippen LogP contribution in [0.25, 0.3) is 0 Å². The van der Waals surface area contributed by atoms with E-state index in [9.17, 15) is 4.79 Å². The van der Waals surface area contributed by atoms with E-state index in [-0.39, 0.29) is 5.91 Å². The van der Waals surface area contributed by atoms with Gasteiger partial charge in [-0.1, -0.05) is 32.4 Å². The maximum Gasteiger partial charge on any atom is 0.251 e. The van der Waals surface area contributed by atoms with Crippen molar-refractivity contribution >= 4 is 23.2 Å². The number of amides is 1. The molecule has 1 aromatic carbocycles. The lowest BCUT2D eigenvalue weighted by Gasteiger charge is -2.39. The first-order chi connectivity index (χ1) is 9.80. The van der Waals surface area contributed by atoms with Gasteiger partial charge >= 0.3 is 0 Å². The molecule has 3 nitrogen and oxygen atoms in total. The van der Waals surface area contributed by atoms with Crippen LogP contribution >= 0.6 is 11.6 Å². The van der Waals surface area contributed by atoms with Gasteiger partial charge in [-0.25, -0.2) is 0 Å². The molecule has 0 spiro atoms. The molecular formula is C17H25ClN2O. The van der Waals surface area contributed by atoms with Crippen LogP contribution in [0.3, 0.4) is 0 Å². The number of carbonyl (C=O) groups is 1. The van der Waals surface area contributed by atoms with Gasteiger partial charge in [0.1, 0.15) is 0 Å². The van der Waals surface area contributed by atoms with Crippen molar-refractivity contribution in [2.24, 2.45) is 11.3 Å². The van der Waals surface area contributed by atoms with Gasteiger partial charge in [0.25, 0.3) is 5.91 Å². The second-order valence-corrected chi connectivity index (χ2v) is 7.44. The summed E-state index contributed by atoms with van der Waals surface area (Å²) in [5, 5.41) is 6.85. The van der Waals surface area contributed by atoms with Gasteiger partial charge in [0.2, 0.25) is 0 Å². The molecule has 0 aliphatic heterocycles. The zero-order valence-electron chi connectivity index (χ0n) is 13.3. The molecule has 0 saturated heterocycles. The third kappa shape index (κ3) is 4.13. The molecule has 1 fully saturated rings. The molecule has 116 valence electrons. The van der Waals surface area contributed by atoms with Crippen molar-refractivity contribution in [3.63, 3.8) is 0 Å². The maximum absolute atomic E-state index is 11.7. The van der Waals surface area contributed by atoms with Gasteiger partial charge in [0.15, 0.2) is 0 Å². The molecule has 1 aliphatic carbocycles. The minimum Gasteiger partial charge on any atom is -0.381 e. The van der Waals surface area contributed by atoms with Crippen molar-refractivity contribution in [2.75, 3.05) is 12.4 Å². The number of hydrogen-bond acceptors (Lipinski definition) is 2. The first kappa shape index (κ1) is 16.2. The predicted octanol–water partition coefficient (Wildman–Crippen LogP) is 4.33. The Morgan fingerprint density at radius 2 is 2.05 bits per heavy atom. The summed E-state index contributed by atoms with van der Waals surface area (Å²) >= 11 is 6.28. The highest BCUT2D eigenvalue weighted by Crippen LogP contribution is 2.40. The Kier molecular flexibility index (Phi) is 4.82. The molecular weight excluding hydrogens is 284 g/mol. The predicted molar refractivity (Wildman–Crippen MR) is 89.0 cm³/mol. The quantitative estimate of drug-likeness (QED) is 0.873. The average Bonchev–Trinajstić information content (AvgIpc) is 2.38. The Morgan fingerprint density at radius 1 is 1.33 bits per heavy atom. The Balaban J connectivity index is 2.17. The fraction of sp³-hybridized carbons (Fsp3) is 0.588. The van der Waals surface area contributed by atoms with Crippen molar-refractivity contribution in [3.05, 3.63) is 28.8 Å². The molecule has 2 rings (SSSR count). The lowest BCUT2D eigenvalue weighted by molar-refractivity contribution is 0.0963. The summed E-state index contributed by atoms with van der Waals surface area (Å²) in [5.74, 6) is 0.610. The van der Waals surface area contributed by atoms with E-state index in [1.54, 1.807) is 19.2 Å². The van der Waals surface area contributed by atoms with Crippen LogP contribution < -0.4 is 10.6 Å². The van der Waals surface area contributed by atoms with Crippen molar-refractivity contribution < 1.29 is 4.79 Å². The number of nitrogens with one attached hydrogen (secondary N) is 2. The zero-order valence-corrected chi connectivity index (χ0v) is 14.1. The molecule has 1 saturated carbocycles. The SMILES string of the molecule is CNC(=O)c1ccc(Cl)c(NC2CC(C)CC(C)(C)C2)c1. The van der Waals surface area contributed by atoms with E-state index in [0.717, 1.165) is 18.5 Å². The monoisotopic (exact) mass is 308 g/mol. The first-order valence-electron chi connectivity index (χ1n) is 7.59. The van der Waals surface area contributed by atoms with Crippen LogP contribution in [-0.4, -0.2) is 19.0 Å². The fourth-order valence-electron chi connectivity index (χ4n) is 3.60. The molecule has 2 atom stereocenters. The number of hydrogen-bond donors (Lipinski definition) is 2. The molecule has 0 bridgehead atoms. The van der Waals surface area contributed by atoms with Crippen LogP contribution in [0.2, 0.25) is 5.02 Å². The standard InChI is InChI=1S/C17H25ClN2O/c1-11-7-13(10-17(2,3)9-11)20-15-8-12(16(21)19-4)5-6-14(15)18/h5-6,8,11,13,20H,7,9-10H2,1-4H3,(H,19,21). The minimum atomic E-state index is -0.0907. The van der Waals surface area contributed by atoms with E-state index in [1.807, 2.05) is 6.07 Å². The molecule has 0 heterocycles. The van der Waals surface area contributed by atoms with Crippen LogP contribution in [0.1, 0.15) is 50.4 Å². The van der Waals surface area contributed by atoms with E-state index in [0.29, 0.717) is 28.0 Å². The van der Waals surface area contributed by atoms with Gasteiger partial charge in [-0.05, 0) is 48.8 Å². The normalized spacial score (nSPS) is 24.4. The third-order valence-corrected chi connectivity index (χ3v) is 4.53. The number of carbonyl (C=O) groups excluding carboxylic acids is 1. The zero-order chi connectivity index (χ0) is 15.6. The van der Waals surface area contributed by atoms with Gasteiger partial charge in [0, 0.05) is 18.7 Å². The molecule has 2 unspecified atom stereocenters. The van der Waals surface area contributed by atoms with E-state index in [4.69, 9.17) is 11.6 Å². The summed E-state index contributed by atoms with van der Waals surface area (Å²) in [4.78, 5) is 11.7. The number of benzene rings is 1. The highest BCUT2D eigenvalue weighted by atomic mass is 35.5. The van der Waals surface area contributed by atoms with Gasteiger partial charge < -0.3 is 10.6 Å². The van der Waals surface area contributed by atoms with E-state index in [1.165, 1.54) is 6.42 Å². The van der Waals surface area contributed by atoms with E-state index >= 15 is 0 Å². The smallest absolute Gasteiger partial charge is 0.251 e. The third-order valence-electron chi connectivity index (χ3n) is 4.20. The Hall–Kier alpha value is -1.22. The highest BCUT2D eigenvalue weighted by molar-refractivity contribution is 6.33. The number of rotatable bonds is 3. The highest BCUT2D eigenvalue weighted by Gasteiger charge is 2.32. The van der Waals surface area contributed by atoms with Gasteiger partial charge in [0.05, 0.1) is 10.7 Å². The molecule has 21 heavy (non-hydrogen) atoms. The molecule has 1 amide bonds. The lowest BCUT2D eigenvalue weighted by atomic mass is 9.70. The van der Waals surface area contributed by atoms with Crippen LogP contribution in [0.15, 0.2) is 18.2 Å². The van der Waals surface area contributed by atoms with Gasteiger partial charge in [-0.15, -0.1) is 0 Å². The van der Waals surface area contributed by atoms with Crippen LogP contribution in [0.5, 0.6) is 0 Å². The van der Waals surface area contributed by atoms with Crippen molar-refractivity contribution in [3.8, 4) is 0 Å². The van der Waals surface area contributed by atoms with E-state index in [2.05, 4.69) is 31.4 Å². The van der Waals surface area contributed by atoms with E-state index < -0.39 is 0 Å². The molecule has 2 N–H and O–H groups in total. The van der Waals surface area contributed by atoms with Crippen LogP contribution in [0.4, 0.5) is 5.69 Å². The minimum absolute atomic E-state index is 0.0907. The van der Waals surface area contributed by atoms with Crippen LogP contribution in [0, 0.1) is 11.3 Å². The fourth-order valence-corrected chi connectivity index (χ4v) is 3.77. The summed E-state index contributed by atoms with van der Waals surface area (Å²) in [5.41, 5.74) is 1.83. The van der Waals surface area contributed by atoms with Crippen LogP contribution in [-0.2, 0) is 0 Å². The Labute approximate surface area is 132 Å². The van der Waals surface area contributed by atoms with Crippen molar-refractivity contribution in [1.29, 1.82) is 0 Å². The molecule has 0 aromatic heterocycles. The topological polar surface area (TPSA) is 41.1 Å². The summed E-state index contributed by atoms with van der Waals surface area (Å²) in [6.07, 6.45) is 3.53. The number of anilines is 1. The summed E-state index contributed by atoms with van der Waals surface area (Å²) in [7, 11) is 1.63. The molecule has 0 radical (unpaired) electrons. The summed E-state index contributed by atoms with van der Waals surface area (Å²) in [6, 6.07) is 5.78. The average molecular weight is 309 g/mol.